The summed E-state index contributed by atoms with van der Waals surface area (Å²) in [6, 6.07) is 5.49. The van der Waals surface area contributed by atoms with Crippen molar-refractivity contribution in [3.8, 4) is 6.07 Å². The first-order valence-electron chi connectivity index (χ1n) is 5.08. The van der Waals surface area contributed by atoms with E-state index in [0.29, 0.717) is 23.8 Å². The van der Waals surface area contributed by atoms with Crippen molar-refractivity contribution in [2.75, 3.05) is 11.9 Å². The minimum Gasteiger partial charge on any atom is -0.391 e. The Morgan fingerprint density at radius 2 is 2.47 bits per heavy atom. The second-order valence-corrected chi connectivity index (χ2v) is 3.80. The van der Waals surface area contributed by atoms with Gasteiger partial charge in [0.1, 0.15) is 11.9 Å². The molecule has 0 amide bonds. The second kappa shape index (κ2) is 4.28. The van der Waals surface area contributed by atoms with Crippen molar-refractivity contribution in [1.82, 2.24) is 4.98 Å². The topological polar surface area (TPSA) is 68.9 Å². The van der Waals surface area contributed by atoms with Gasteiger partial charge in [0, 0.05) is 12.7 Å². The molecule has 1 aliphatic rings. The highest BCUT2D eigenvalue weighted by atomic mass is 16.3. The number of rotatable bonds is 4. The number of anilines is 1. The highest BCUT2D eigenvalue weighted by Gasteiger charge is 2.29. The van der Waals surface area contributed by atoms with Crippen LogP contribution in [0.15, 0.2) is 18.3 Å². The fourth-order valence-electron chi connectivity index (χ4n) is 1.49. The molecule has 1 saturated carbocycles. The molecule has 0 radical (unpaired) electrons. The molecule has 0 bridgehead atoms. The van der Waals surface area contributed by atoms with Crippen LogP contribution in [0.2, 0.25) is 0 Å². The Kier molecular flexibility index (Phi) is 2.84. The van der Waals surface area contributed by atoms with Crippen LogP contribution in [0.5, 0.6) is 0 Å². The third kappa shape index (κ3) is 2.45. The lowest BCUT2D eigenvalue weighted by Crippen LogP contribution is -2.22. The van der Waals surface area contributed by atoms with Crippen LogP contribution in [0.4, 0.5) is 5.82 Å². The van der Waals surface area contributed by atoms with E-state index >= 15 is 0 Å². The summed E-state index contributed by atoms with van der Waals surface area (Å²) >= 11 is 0. The molecule has 1 unspecified atom stereocenters. The fraction of sp³-hybridized carbons (Fsp3) is 0.455. The summed E-state index contributed by atoms with van der Waals surface area (Å²) in [4.78, 5) is 4.06. The van der Waals surface area contributed by atoms with Crippen LogP contribution in [0.25, 0.3) is 0 Å². The van der Waals surface area contributed by atoms with Gasteiger partial charge >= 0.3 is 0 Å². The Bertz CT molecular complexity index is 382. The summed E-state index contributed by atoms with van der Waals surface area (Å²) in [6.07, 6.45) is 3.53. The summed E-state index contributed by atoms with van der Waals surface area (Å²) in [5, 5.41) is 21.5. The van der Waals surface area contributed by atoms with Gasteiger partial charge in [-0.25, -0.2) is 4.98 Å². The minimum atomic E-state index is -0.321. The third-order valence-electron chi connectivity index (χ3n) is 2.57. The van der Waals surface area contributed by atoms with Gasteiger partial charge in [-0.15, -0.1) is 0 Å². The van der Waals surface area contributed by atoms with Crippen LogP contribution < -0.4 is 5.32 Å². The Hall–Kier alpha value is -1.60. The monoisotopic (exact) mass is 203 g/mol. The highest BCUT2D eigenvalue weighted by Crippen LogP contribution is 2.32. The molecule has 1 aliphatic carbocycles. The van der Waals surface area contributed by atoms with Crippen molar-refractivity contribution in [3.63, 3.8) is 0 Å². The van der Waals surface area contributed by atoms with E-state index in [1.807, 2.05) is 0 Å². The summed E-state index contributed by atoms with van der Waals surface area (Å²) in [6.45, 7) is 0.469. The van der Waals surface area contributed by atoms with Gasteiger partial charge in [-0.1, -0.05) is 0 Å². The van der Waals surface area contributed by atoms with Crippen LogP contribution >= 0.6 is 0 Å². The quantitative estimate of drug-likeness (QED) is 0.769. The first-order valence-corrected chi connectivity index (χ1v) is 5.08. The molecule has 0 aliphatic heterocycles. The Balaban J connectivity index is 1.95. The molecule has 0 aromatic carbocycles. The molecule has 0 saturated heterocycles. The molecule has 1 aromatic heterocycles. The van der Waals surface area contributed by atoms with Crippen LogP contribution in [0.3, 0.4) is 0 Å². The molecule has 1 aromatic rings. The maximum Gasteiger partial charge on any atom is 0.143 e. The fourth-order valence-corrected chi connectivity index (χ4v) is 1.49. The SMILES string of the molecule is N#Cc1cccnc1NCC(O)C1CC1. The highest BCUT2D eigenvalue weighted by molar-refractivity contribution is 5.51. The van der Waals surface area contributed by atoms with Crippen molar-refractivity contribution in [3.05, 3.63) is 23.9 Å². The summed E-state index contributed by atoms with van der Waals surface area (Å²) < 4.78 is 0. The second-order valence-electron chi connectivity index (χ2n) is 3.80. The molecule has 1 fully saturated rings. The number of nitrogens with one attached hydrogen (secondary N) is 1. The van der Waals surface area contributed by atoms with Crippen LogP contribution in [-0.2, 0) is 0 Å². The lowest BCUT2D eigenvalue weighted by atomic mass is 10.2. The van der Waals surface area contributed by atoms with Crippen molar-refractivity contribution in [2.45, 2.75) is 18.9 Å². The summed E-state index contributed by atoms with van der Waals surface area (Å²) in [7, 11) is 0. The van der Waals surface area contributed by atoms with Gasteiger partial charge in [-0.05, 0) is 30.9 Å². The standard InChI is InChI=1S/C11H13N3O/c12-6-9-2-1-5-13-11(9)14-7-10(15)8-3-4-8/h1-2,5,8,10,15H,3-4,7H2,(H,13,14). The smallest absolute Gasteiger partial charge is 0.143 e. The average Bonchev–Trinajstić information content (AvgIpc) is 3.10. The molecule has 4 heteroatoms. The molecule has 2 rings (SSSR count). The third-order valence-corrected chi connectivity index (χ3v) is 2.57. The van der Waals surface area contributed by atoms with Gasteiger partial charge in [0.05, 0.1) is 11.7 Å². The van der Waals surface area contributed by atoms with E-state index in [0.717, 1.165) is 12.8 Å². The van der Waals surface area contributed by atoms with E-state index in [9.17, 15) is 5.11 Å². The molecular formula is C11H13N3O. The van der Waals surface area contributed by atoms with Crippen LogP contribution in [0, 0.1) is 17.2 Å². The largest absolute Gasteiger partial charge is 0.391 e. The minimum absolute atomic E-state index is 0.321. The van der Waals surface area contributed by atoms with E-state index < -0.39 is 0 Å². The lowest BCUT2D eigenvalue weighted by molar-refractivity contribution is 0.164. The Morgan fingerprint density at radius 3 is 3.13 bits per heavy atom. The van der Waals surface area contributed by atoms with Crippen molar-refractivity contribution in [1.29, 1.82) is 5.26 Å². The molecule has 78 valence electrons. The number of aliphatic hydroxyl groups excluding tert-OH is 1. The number of aromatic nitrogens is 1. The first kappa shape index (κ1) is 9.94. The maximum absolute atomic E-state index is 9.64. The van der Waals surface area contributed by atoms with E-state index in [1.54, 1.807) is 18.3 Å². The number of nitrogens with zero attached hydrogens (tertiary/aromatic N) is 2. The van der Waals surface area contributed by atoms with Gasteiger partial charge in [0.25, 0.3) is 0 Å². The normalized spacial score (nSPS) is 16.8. The van der Waals surface area contributed by atoms with Gasteiger partial charge in [0.2, 0.25) is 0 Å². The van der Waals surface area contributed by atoms with Crippen LogP contribution in [0.1, 0.15) is 18.4 Å². The summed E-state index contributed by atoms with van der Waals surface area (Å²) in [5.41, 5.74) is 0.514. The predicted molar refractivity (Wildman–Crippen MR) is 56.2 cm³/mol. The average molecular weight is 203 g/mol. The number of nitriles is 1. The van der Waals surface area contributed by atoms with E-state index in [1.165, 1.54) is 0 Å². The lowest BCUT2D eigenvalue weighted by Gasteiger charge is -2.11. The molecule has 1 heterocycles. The maximum atomic E-state index is 9.64. The Morgan fingerprint density at radius 1 is 1.67 bits per heavy atom. The number of hydrogen-bond acceptors (Lipinski definition) is 4. The molecule has 15 heavy (non-hydrogen) atoms. The van der Waals surface area contributed by atoms with E-state index in [2.05, 4.69) is 16.4 Å². The molecule has 2 N–H and O–H groups in total. The zero-order valence-electron chi connectivity index (χ0n) is 8.35. The first-order chi connectivity index (χ1) is 7.31. The van der Waals surface area contributed by atoms with Gasteiger partial charge in [-0.3, -0.25) is 0 Å². The molecule has 4 nitrogen and oxygen atoms in total. The zero-order chi connectivity index (χ0) is 10.7. The van der Waals surface area contributed by atoms with Crippen molar-refractivity contribution >= 4 is 5.82 Å². The van der Waals surface area contributed by atoms with Crippen LogP contribution in [-0.4, -0.2) is 22.7 Å². The van der Waals surface area contributed by atoms with E-state index in [-0.39, 0.29) is 6.10 Å². The van der Waals surface area contributed by atoms with Crippen molar-refractivity contribution < 1.29 is 5.11 Å². The van der Waals surface area contributed by atoms with Gasteiger partial charge in [-0.2, -0.15) is 5.26 Å². The summed E-state index contributed by atoms with van der Waals surface area (Å²) in [5.74, 6) is 0.992. The number of aliphatic hydroxyl groups is 1. The zero-order valence-corrected chi connectivity index (χ0v) is 8.35. The van der Waals surface area contributed by atoms with Gasteiger partial charge < -0.3 is 10.4 Å². The molecule has 1 atom stereocenters. The number of pyridine rings is 1. The number of hydrogen-bond donors (Lipinski definition) is 2. The molecule has 0 spiro atoms. The molecular weight excluding hydrogens is 190 g/mol. The van der Waals surface area contributed by atoms with Crippen molar-refractivity contribution in [2.24, 2.45) is 5.92 Å². The predicted octanol–water partition coefficient (Wildman–Crippen LogP) is 1.14. The van der Waals surface area contributed by atoms with Gasteiger partial charge in [0.15, 0.2) is 0 Å². The van der Waals surface area contributed by atoms with E-state index in [4.69, 9.17) is 5.26 Å². The Labute approximate surface area is 88.6 Å².